The SMILES string of the molecule is C=Cc1c(C)c(C)c2cc(C(C)(C)C(C)(C)c3ccc(C(C)(C)C(C)(C)C)c4nc(-c5ccccc5)c(-c5ccccc5)nc34)sc2c1SC(C)(C)C(C)(C)C. The number of aromatic nitrogens is 2. The maximum absolute atomic E-state index is 5.75. The Morgan fingerprint density at radius 2 is 1.04 bits per heavy atom. The van der Waals surface area contributed by atoms with Crippen LogP contribution in [-0.2, 0) is 16.2 Å². The molecule has 0 aliphatic heterocycles. The summed E-state index contributed by atoms with van der Waals surface area (Å²) in [6, 6.07) is 28.4. The van der Waals surface area contributed by atoms with Gasteiger partial charge in [-0.2, -0.15) is 0 Å². The lowest BCUT2D eigenvalue weighted by molar-refractivity contribution is 0.227. The Labute approximate surface area is 346 Å². The highest BCUT2D eigenvalue weighted by Crippen LogP contribution is 2.55. The summed E-state index contributed by atoms with van der Waals surface area (Å²) in [5.41, 5.74) is 11.6. The van der Waals surface area contributed by atoms with E-state index < -0.39 is 0 Å². The molecule has 0 fully saturated rings. The lowest BCUT2D eigenvalue weighted by Crippen LogP contribution is -2.40. The number of aryl methyl sites for hydroxylation is 1. The van der Waals surface area contributed by atoms with Gasteiger partial charge in [0.1, 0.15) is 0 Å². The van der Waals surface area contributed by atoms with Crippen LogP contribution in [0.1, 0.15) is 130 Å². The van der Waals surface area contributed by atoms with E-state index in [1.807, 2.05) is 23.1 Å². The van der Waals surface area contributed by atoms with Crippen LogP contribution >= 0.6 is 23.1 Å². The quantitative estimate of drug-likeness (QED) is 0.137. The van der Waals surface area contributed by atoms with Crippen molar-refractivity contribution >= 4 is 50.3 Å². The molecule has 0 bridgehead atoms. The third kappa shape index (κ3) is 6.87. The molecule has 0 aliphatic rings. The zero-order chi connectivity index (χ0) is 41.4. The summed E-state index contributed by atoms with van der Waals surface area (Å²) in [6.07, 6.45) is 2.08. The summed E-state index contributed by atoms with van der Waals surface area (Å²) >= 11 is 3.98. The predicted octanol–water partition coefficient (Wildman–Crippen LogP) is 15.9. The van der Waals surface area contributed by atoms with Gasteiger partial charge >= 0.3 is 0 Å². The monoisotopic (exact) mass is 780 g/mol. The van der Waals surface area contributed by atoms with Crippen LogP contribution in [0.5, 0.6) is 0 Å². The average Bonchev–Trinajstić information content (AvgIpc) is 3.59. The predicted molar refractivity (Wildman–Crippen MR) is 250 cm³/mol. The molecule has 6 rings (SSSR count). The first-order valence-electron chi connectivity index (χ1n) is 20.2. The Morgan fingerprint density at radius 1 is 0.571 bits per heavy atom. The van der Waals surface area contributed by atoms with Crippen molar-refractivity contribution in [1.82, 2.24) is 9.97 Å². The first-order valence-corrected chi connectivity index (χ1v) is 21.9. The molecule has 56 heavy (non-hydrogen) atoms. The van der Waals surface area contributed by atoms with Crippen molar-refractivity contribution in [3.05, 3.63) is 118 Å². The molecular formula is C52H64N2S2. The topological polar surface area (TPSA) is 25.8 Å². The second-order valence-electron chi connectivity index (χ2n) is 20.0. The van der Waals surface area contributed by atoms with E-state index in [0.717, 1.165) is 33.5 Å². The minimum absolute atomic E-state index is 0.00750. The summed E-state index contributed by atoms with van der Waals surface area (Å²) in [5.74, 6) is 0. The molecule has 2 aromatic heterocycles. The third-order valence-electron chi connectivity index (χ3n) is 14.2. The Morgan fingerprint density at radius 3 is 1.46 bits per heavy atom. The second-order valence-corrected chi connectivity index (χ2v) is 22.7. The molecule has 0 spiro atoms. The lowest BCUT2D eigenvalue weighted by Gasteiger charge is -2.43. The van der Waals surface area contributed by atoms with Crippen molar-refractivity contribution in [2.24, 2.45) is 10.8 Å². The average molecular weight is 781 g/mol. The van der Waals surface area contributed by atoms with Crippen LogP contribution in [0.25, 0.3) is 49.7 Å². The van der Waals surface area contributed by atoms with Crippen molar-refractivity contribution in [3.63, 3.8) is 0 Å². The molecule has 4 aromatic carbocycles. The van der Waals surface area contributed by atoms with Crippen molar-refractivity contribution in [3.8, 4) is 22.5 Å². The van der Waals surface area contributed by atoms with Gasteiger partial charge in [-0.1, -0.05) is 169 Å². The summed E-state index contributed by atoms with van der Waals surface area (Å²) in [5, 5.41) is 1.36. The van der Waals surface area contributed by atoms with E-state index in [1.165, 1.54) is 47.7 Å². The molecule has 6 aromatic rings. The maximum Gasteiger partial charge on any atom is 0.0973 e. The van der Waals surface area contributed by atoms with Crippen molar-refractivity contribution < 1.29 is 0 Å². The number of rotatable bonds is 9. The van der Waals surface area contributed by atoms with E-state index in [1.54, 1.807) is 0 Å². The zero-order valence-corrected chi connectivity index (χ0v) is 38.6. The Kier molecular flexibility index (Phi) is 10.7. The third-order valence-corrected chi connectivity index (χ3v) is 17.6. The highest BCUT2D eigenvalue weighted by molar-refractivity contribution is 8.01. The minimum Gasteiger partial charge on any atom is -0.244 e. The van der Waals surface area contributed by atoms with Crippen LogP contribution in [0, 0.1) is 24.7 Å². The number of nitrogens with zero attached hydrogens (tertiary/aromatic N) is 2. The number of hydrogen-bond donors (Lipinski definition) is 0. The Balaban J connectivity index is 1.66. The molecule has 4 heteroatoms. The zero-order valence-electron chi connectivity index (χ0n) is 37.0. The first-order chi connectivity index (χ1) is 25.9. The largest absolute Gasteiger partial charge is 0.244 e. The van der Waals surface area contributed by atoms with Gasteiger partial charge in [-0.25, -0.2) is 9.97 Å². The second kappa shape index (κ2) is 14.3. The standard InChI is InChI=1S/C52H64N2S2/c1-18-36-32(2)33(3)37-31-40(55-45(37)46(36)56-52(16,17)48(7,8)9)51(14,15)50(12,13)39-30-29-38(49(10,11)47(4,5)6)43-44(39)54-42(35-27-23-20-24-28-35)41(53-43)34-25-21-19-22-26-34/h18-31H,1H2,2-17H3. The van der Waals surface area contributed by atoms with Gasteiger partial charge < -0.3 is 0 Å². The van der Waals surface area contributed by atoms with Gasteiger partial charge in [0.2, 0.25) is 0 Å². The lowest BCUT2D eigenvalue weighted by atomic mass is 9.61. The number of thiophene rings is 1. The smallest absolute Gasteiger partial charge is 0.0973 e. The van der Waals surface area contributed by atoms with Gasteiger partial charge in [0.05, 0.1) is 22.4 Å². The van der Waals surface area contributed by atoms with E-state index in [0.29, 0.717) is 0 Å². The molecule has 0 amide bonds. The van der Waals surface area contributed by atoms with Gasteiger partial charge in [-0.3, -0.25) is 0 Å². The molecule has 294 valence electrons. The van der Waals surface area contributed by atoms with Gasteiger partial charge in [-0.05, 0) is 83.2 Å². The summed E-state index contributed by atoms with van der Waals surface area (Å²) < 4.78 is 1.38. The molecule has 2 nitrogen and oxygen atoms in total. The Hall–Kier alpha value is -3.73. The summed E-state index contributed by atoms with van der Waals surface area (Å²) in [7, 11) is 0. The number of hydrogen-bond acceptors (Lipinski definition) is 4. The van der Waals surface area contributed by atoms with E-state index >= 15 is 0 Å². The van der Waals surface area contributed by atoms with Gasteiger partial charge in [-0.15, -0.1) is 23.1 Å². The van der Waals surface area contributed by atoms with E-state index in [4.69, 9.17) is 9.97 Å². The Bertz CT molecular complexity index is 2430. The molecule has 0 N–H and O–H groups in total. The summed E-state index contributed by atoms with van der Waals surface area (Å²) in [4.78, 5) is 14.2. The first kappa shape index (κ1) is 41.9. The minimum atomic E-state index is -0.338. The normalized spacial score (nSPS) is 13.5. The van der Waals surface area contributed by atoms with Crippen molar-refractivity contribution in [2.75, 3.05) is 0 Å². The fraction of sp³-hybridized carbons (Fsp3) is 0.423. The van der Waals surface area contributed by atoms with Crippen molar-refractivity contribution in [2.45, 2.75) is 137 Å². The van der Waals surface area contributed by atoms with Gasteiger partial charge in [0.15, 0.2) is 0 Å². The molecule has 0 saturated heterocycles. The van der Waals surface area contributed by atoms with Crippen molar-refractivity contribution in [1.29, 1.82) is 0 Å². The molecule has 0 aliphatic carbocycles. The van der Waals surface area contributed by atoms with Crippen LogP contribution < -0.4 is 0 Å². The highest BCUT2D eigenvalue weighted by Gasteiger charge is 2.45. The van der Waals surface area contributed by atoms with Gasteiger partial charge in [0.25, 0.3) is 0 Å². The van der Waals surface area contributed by atoms with E-state index in [9.17, 15) is 0 Å². The molecule has 2 heterocycles. The van der Waals surface area contributed by atoms with Crippen LogP contribution in [-0.4, -0.2) is 14.7 Å². The van der Waals surface area contributed by atoms with Crippen LogP contribution in [0.15, 0.2) is 90.3 Å². The number of benzene rings is 4. The van der Waals surface area contributed by atoms with Crippen LogP contribution in [0.2, 0.25) is 0 Å². The van der Waals surface area contributed by atoms with Crippen LogP contribution in [0.4, 0.5) is 0 Å². The maximum atomic E-state index is 5.75. The van der Waals surface area contributed by atoms with E-state index in [2.05, 4.69) is 202 Å². The van der Waals surface area contributed by atoms with Gasteiger partial charge in [0, 0.05) is 41.2 Å². The number of fused-ring (bicyclic) bond motifs is 2. The van der Waals surface area contributed by atoms with E-state index in [-0.39, 0.29) is 31.8 Å². The summed E-state index contributed by atoms with van der Waals surface area (Å²) in [6.45, 7) is 42.1. The molecule has 0 saturated carbocycles. The molecular weight excluding hydrogens is 717 g/mol. The molecule has 0 radical (unpaired) electrons. The van der Waals surface area contributed by atoms with Crippen LogP contribution in [0.3, 0.4) is 0 Å². The fourth-order valence-corrected chi connectivity index (χ4v) is 10.4. The molecule has 0 atom stereocenters. The fourth-order valence-electron chi connectivity index (χ4n) is 7.39. The highest BCUT2D eigenvalue weighted by atomic mass is 32.2. The number of thioether (sulfide) groups is 1. The molecule has 0 unspecified atom stereocenters.